The largest absolute Gasteiger partial charge is 0.393 e. The highest BCUT2D eigenvalue weighted by molar-refractivity contribution is 7.92. The van der Waals surface area contributed by atoms with Gasteiger partial charge in [0.25, 0.3) is 0 Å². The number of aliphatic hydroxyl groups excluding tert-OH is 1. The van der Waals surface area contributed by atoms with E-state index in [1.165, 1.54) is 0 Å². The van der Waals surface area contributed by atoms with Crippen molar-refractivity contribution in [1.29, 1.82) is 0 Å². The summed E-state index contributed by atoms with van der Waals surface area (Å²) in [5.74, 6) is -0.211. The van der Waals surface area contributed by atoms with Gasteiger partial charge in [-0.15, -0.1) is 11.3 Å². The van der Waals surface area contributed by atoms with Gasteiger partial charge in [-0.05, 0) is 13.3 Å². The van der Waals surface area contributed by atoms with Gasteiger partial charge in [0, 0.05) is 11.9 Å². The molecule has 0 spiro atoms. The molecule has 0 radical (unpaired) electrons. The minimum absolute atomic E-state index is 0.0851. The normalized spacial score (nSPS) is 13.0. The molecule has 9 heteroatoms. The monoisotopic (exact) mass is 307 g/mol. The third-order valence-electron chi connectivity index (χ3n) is 2.05. The summed E-state index contributed by atoms with van der Waals surface area (Å²) in [6.07, 6.45) is 1.16. The van der Waals surface area contributed by atoms with Crippen molar-refractivity contribution in [3.8, 4) is 0 Å². The lowest BCUT2D eigenvalue weighted by Crippen LogP contribution is -2.28. The van der Waals surface area contributed by atoms with Gasteiger partial charge in [0.05, 0.1) is 24.5 Å². The molecule has 0 fully saturated rings. The lowest BCUT2D eigenvalue weighted by molar-refractivity contribution is -0.120. The van der Waals surface area contributed by atoms with Crippen molar-refractivity contribution < 1.29 is 18.3 Å². The number of carbonyl (C=O) groups excluding carboxylic acids is 1. The second kappa shape index (κ2) is 6.83. The van der Waals surface area contributed by atoms with Crippen molar-refractivity contribution >= 4 is 32.4 Å². The molecule has 0 aliphatic heterocycles. The van der Waals surface area contributed by atoms with Crippen LogP contribution in [-0.2, 0) is 21.2 Å². The number of aliphatic hydroxyl groups is 1. The molecule has 0 saturated heterocycles. The molecule has 1 aromatic rings. The first kappa shape index (κ1) is 15.9. The lowest BCUT2D eigenvalue weighted by Gasteiger charge is -2.05. The summed E-state index contributed by atoms with van der Waals surface area (Å²) in [6, 6.07) is 0. The van der Waals surface area contributed by atoms with Crippen LogP contribution in [0.3, 0.4) is 0 Å². The number of nitrogens with zero attached hydrogens (tertiary/aromatic N) is 1. The Morgan fingerprint density at radius 1 is 1.58 bits per heavy atom. The van der Waals surface area contributed by atoms with Gasteiger partial charge in [-0.1, -0.05) is 0 Å². The minimum atomic E-state index is -3.35. The number of anilines is 1. The second-order valence-corrected chi connectivity index (χ2v) is 6.79. The van der Waals surface area contributed by atoms with E-state index in [9.17, 15) is 13.2 Å². The Hall–Kier alpha value is -1.19. The molecule has 108 valence electrons. The van der Waals surface area contributed by atoms with Crippen LogP contribution in [0.1, 0.15) is 19.0 Å². The molecular weight excluding hydrogens is 290 g/mol. The second-order valence-electron chi connectivity index (χ2n) is 4.18. The molecule has 0 saturated carbocycles. The molecule has 1 atom stereocenters. The summed E-state index contributed by atoms with van der Waals surface area (Å²) in [7, 11) is -3.35. The Bertz CT molecular complexity index is 525. The molecule has 1 unspecified atom stereocenters. The van der Waals surface area contributed by atoms with E-state index in [2.05, 4.69) is 15.0 Å². The maximum Gasteiger partial charge on any atom is 0.231 e. The third kappa shape index (κ3) is 7.09. The van der Waals surface area contributed by atoms with Gasteiger partial charge >= 0.3 is 0 Å². The van der Waals surface area contributed by atoms with Crippen LogP contribution >= 0.6 is 11.3 Å². The van der Waals surface area contributed by atoms with Crippen LogP contribution in [0.2, 0.25) is 0 Å². The third-order valence-corrected chi connectivity index (χ3v) is 3.55. The molecule has 0 bridgehead atoms. The number of hydrogen-bond donors (Lipinski definition) is 3. The lowest BCUT2D eigenvalue weighted by atomic mass is 10.2. The van der Waals surface area contributed by atoms with Crippen LogP contribution in [0.15, 0.2) is 5.38 Å². The number of amides is 1. The van der Waals surface area contributed by atoms with E-state index in [1.54, 1.807) is 12.3 Å². The number of rotatable bonds is 7. The fourth-order valence-electron chi connectivity index (χ4n) is 1.24. The van der Waals surface area contributed by atoms with Gasteiger partial charge in [-0.3, -0.25) is 9.52 Å². The number of aromatic nitrogens is 1. The topological polar surface area (TPSA) is 108 Å². The number of nitrogens with one attached hydrogen (secondary N) is 2. The first-order valence-corrected chi connectivity index (χ1v) is 8.40. The molecule has 3 N–H and O–H groups in total. The smallest absolute Gasteiger partial charge is 0.231 e. The molecule has 1 rings (SSSR count). The van der Waals surface area contributed by atoms with Gasteiger partial charge in [-0.25, -0.2) is 13.4 Å². The summed E-state index contributed by atoms with van der Waals surface area (Å²) >= 11 is 1.13. The Kier molecular flexibility index (Phi) is 5.70. The first-order valence-electron chi connectivity index (χ1n) is 5.63. The van der Waals surface area contributed by atoms with E-state index in [-0.39, 0.29) is 17.5 Å². The standard InChI is InChI=1S/C10H17N3O4S2/c1-7(14)3-4-11-9(15)5-8-6-18-10(12-8)13-19(2,16)17/h6-7,14H,3-5H2,1-2H3,(H,11,15)(H,12,13). The average Bonchev–Trinajstić information content (AvgIpc) is 2.61. The molecule has 19 heavy (non-hydrogen) atoms. The zero-order valence-electron chi connectivity index (χ0n) is 10.7. The zero-order valence-corrected chi connectivity index (χ0v) is 12.3. The van der Waals surface area contributed by atoms with Gasteiger partial charge in [0.1, 0.15) is 0 Å². The Morgan fingerprint density at radius 2 is 2.26 bits per heavy atom. The molecule has 1 aromatic heterocycles. The van der Waals surface area contributed by atoms with Gasteiger partial charge in [0.15, 0.2) is 5.13 Å². The molecule has 7 nitrogen and oxygen atoms in total. The highest BCUT2D eigenvalue weighted by Gasteiger charge is 2.10. The van der Waals surface area contributed by atoms with E-state index in [1.807, 2.05) is 0 Å². The molecular formula is C10H17N3O4S2. The summed E-state index contributed by atoms with van der Waals surface area (Å²) < 4.78 is 24.2. The predicted molar refractivity (Wildman–Crippen MR) is 73.6 cm³/mol. The van der Waals surface area contributed by atoms with E-state index in [0.29, 0.717) is 18.7 Å². The Labute approximate surface area is 116 Å². The van der Waals surface area contributed by atoms with Crippen molar-refractivity contribution in [2.24, 2.45) is 0 Å². The summed E-state index contributed by atoms with van der Waals surface area (Å²) in [6.45, 7) is 2.05. The summed E-state index contributed by atoms with van der Waals surface area (Å²) in [5.41, 5.74) is 0.505. The number of thiazole rings is 1. The summed E-state index contributed by atoms with van der Waals surface area (Å²) in [4.78, 5) is 15.5. The molecule has 1 heterocycles. The number of carbonyl (C=O) groups is 1. The van der Waals surface area contributed by atoms with Crippen molar-refractivity contribution in [2.45, 2.75) is 25.9 Å². The van der Waals surface area contributed by atoms with Crippen LogP contribution in [0.4, 0.5) is 5.13 Å². The fraction of sp³-hybridized carbons (Fsp3) is 0.600. The average molecular weight is 307 g/mol. The van der Waals surface area contributed by atoms with Crippen LogP contribution < -0.4 is 10.0 Å². The van der Waals surface area contributed by atoms with Crippen LogP contribution in [0, 0.1) is 0 Å². The van der Waals surface area contributed by atoms with E-state index in [4.69, 9.17) is 5.11 Å². The minimum Gasteiger partial charge on any atom is -0.393 e. The van der Waals surface area contributed by atoms with Gasteiger partial charge in [-0.2, -0.15) is 0 Å². The fourth-order valence-corrected chi connectivity index (χ4v) is 2.80. The molecule has 0 aliphatic rings. The Balaban J connectivity index is 2.43. The maximum absolute atomic E-state index is 11.5. The summed E-state index contributed by atoms with van der Waals surface area (Å²) in [5, 5.41) is 13.6. The molecule has 0 aliphatic carbocycles. The molecule has 1 amide bonds. The van der Waals surface area contributed by atoms with Crippen LogP contribution in [0.5, 0.6) is 0 Å². The van der Waals surface area contributed by atoms with Crippen molar-refractivity contribution in [3.05, 3.63) is 11.1 Å². The number of sulfonamides is 1. The predicted octanol–water partition coefficient (Wildman–Crippen LogP) is -0.0558. The first-order chi connectivity index (χ1) is 8.76. The van der Waals surface area contributed by atoms with E-state index in [0.717, 1.165) is 17.6 Å². The zero-order chi connectivity index (χ0) is 14.5. The van der Waals surface area contributed by atoms with Gasteiger partial charge < -0.3 is 10.4 Å². The molecule has 0 aromatic carbocycles. The Morgan fingerprint density at radius 3 is 2.84 bits per heavy atom. The highest BCUT2D eigenvalue weighted by Crippen LogP contribution is 2.16. The maximum atomic E-state index is 11.5. The van der Waals surface area contributed by atoms with Crippen molar-refractivity contribution in [1.82, 2.24) is 10.3 Å². The van der Waals surface area contributed by atoms with E-state index < -0.39 is 16.1 Å². The van der Waals surface area contributed by atoms with Crippen molar-refractivity contribution in [3.63, 3.8) is 0 Å². The van der Waals surface area contributed by atoms with Crippen molar-refractivity contribution in [2.75, 3.05) is 17.5 Å². The van der Waals surface area contributed by atoms with Gasteiger partial charge in [0.2, 0.25) is 15.9 Å². The highest BCUT2D eigenvalue weighted by atomic mass is 32.2. The number of hydrogen-bond acceptors (Lipinski definition) is 6. The van der Waals surface area contributed by atoms with E-state index >= 15 is 0 Å². The van der Waals surface area contributed by atoms with Crippen LogP contribution in [-0.4, -0.2) is 43.3 Å². The van der Waals surface area contributed by atoms with Crippen LogP contribution in [0.25, 0.3) is 0 Å². The quantitative estimate of drug-likeness (QED) is 0.654. The SMILES string of the molecule is CC(O)CCNC(=O)Cc1csc(NS(C)(=O)=O)n1.